The van der Waals surface area contributed by atoms with Crippen LogP contribution in [0, 0.1) is 17.5 Å². The van der Waals surface area contributed by atoms with Gasteiger partial charge in [-0.15, -0.1) is 0 Å². The van der Waals surface area contributed by atoms with Crippen LogP contribution in [0.25, 0.3) is 0 Å². The maximum Gasteiger partial charge on any atom is 0.277 e. The number of halogens is 3. The van der Waals surface area contributed by atoms with Crippen LogP contribution in [0.15, 0.2) is 12.1 Å². The summed E-state index contributed by atoms with van der Waals surface area (Å²) in [4.78, 5) is 11.2. The Morgan fingerprint density at radius 2 is 1.76 bits per heavy atom. The minimum atomic E-state index is -1.51. The third-order valence-corrected chi connectivity index (χ3v) is 2.02. The molecule has 17 heavy (non-hydrogen) atoms. The smallest absolute Gasteiger partial charge is 0.277 e. The SMILES string of the molecule is CC(C)(Oc1cc(F)c(F)cc1F)C(=O)NN. The molecule has 0 unspecified atom stereocenters. The summed E-state index contributed by atoms with van der Waals surface area (Å²) in [6.45, 7) is 2.60. The van der Waals surface area contributed by atoms with Crippen molar-refractivity contribution in [1.29, 1.82) is 0 Å². The Balaban J connectivity index is 3.03. The first-order chi connectivity index (χ1) is 7.77. The molecule has 94 valence electrons. The van der Waals surface area contributed by atoms with E-state index in [0.717, 1.165) is 0 Å². The number of carbonyl (C=O) groups is 1. The molecule has 0 saturated heterocycles. The second-order valence-corrected chi connectivity index (χ2v) is 3.78. The maximum absolute atomic E-state index is 13.2. The standard InChI is InChI=1S/C10H11F3N2O2/c1-10(2,9(16)15-14)17-8-4-6(12)5(11)3-7(8)13/h3-4H,14H2,1-2H3,(H,15,16). The summed E-state index contributed by atoms with van der Waals surface area (Å²) in [6.07, 6.45) is 0. The normalized spacial score (nSPS) is 11.2. The van der Waals surface area contributed by atoms with Crippen LogP contribution in [0.5, 0.6) is 5.75 Å². The van der Waals surface area contributed by atoms with Gasteiger partial charge in [0.1, 0.15) is 0 Å². The van der Waals surface area contributed by atoms with Crippen molar-refractivity contribution in [2.24, 2.45) is 5.84 Å². The molecule has 0 bridgehead atoms. The highest BCUT2D eigenvalue weighted by atomic mass is 19.2. The summed E-state index contributed by atoms with van der Waals surface area (Å²) in [5.74, 6) is -0.129. The average molecular weight is 248 g/mol. The predicted molar refractivity (Wildman–Crippen MR) is 53.4 cm³/mol. The molecule has 0 spiro atoms. The van der Waals surface area contributed by atoms with Gasteiger partial charge in [0, 0.05) is 12.1 Å². The first-order valence-electron chi connectivity index (χ1n) is 4.62. The molecule has 1 amide bonds. The highest BCUT2D eigenvalue weighted by molar-refractivity contribution is 5.84. The number of ether oxygens (including phenoxy) is 1. The molecule has 0 heterocycles. The van der Waals surface area contributed by atoms with Crippen molar-refractivity contribution in [3.05, 3.63) is 29.6 Å². The molecular formula is C10H11F3N2O2. The van der Waals surface area contributed by atoms with Crippen LogP contribution in [0.4, 0.5) is 13.2 Å². The zero-order valence-corrected chi connectivity index (χ0v) is 9.18. The van der Waals surface area contributed by atoms with Gasteiger partial charge < -0.3 is 4.74 Å². The van der Waals surface area contributed by atoms with Gasteiger partial charge >= 0.3 is 0 Å². The molecule has 1 rings (SSSR count). The fraction of sp³-hybridized carbons (Fsp3) is 0.300. The molecule has 0 aliphatic rings. The number of rotatable bonds is 3. The van der Waals surface area contributed by atoms with Crippen LogP contribution in [-0.2, 0) is 4.79 Å². The summed E-state index contributed by atoms with van der Waals surface area (Å²) in [5.41, 5.74) is 0.303. The van der Waals surface area contributed by atoms with Gasteiger partial charge in [-0.1, -0.05) is 0 Å². The third kappa shape index (κ3) is 2.88. The van der Waals surface area contributed by atoms with Crippen LogP contribution >= 0.6 is 0 Å². The number of nitrogens with one attached hydrogen (secondary N) is 1. The Labute approximate surface area is 95.5 Å². The van der Waals surface area contributed by atoms with Crippen LogP contribution in [0.2, 0.25) is 0 Å². The molecule has 3 N–H and O–H groups in total. The van der Waals surface area contributed by atoms with Crippen LogP contribution in [-0.4, -0.2) is 11.5 Å². The van der Waals surface area contributed by atoms with E-state index in [1.807, 2.05) is 5.43 Å². The van der Waals surface area contributed by atoms with Crippen LogP contribution < -0.4 is 16.0 Å². The number of amides is 1. The number of benzene rings is 1. The molecular weight excluding hydrogens is 237 g/mol. The molecule has 0 atom stereocenters. The van der Waals surface area contributed by atoms with Crippen LogP contribution in [0.3, 0.4) is 0 Å². The van der Waals surface area contributed by atoms with E-state index in [1.54, 1.807) is 0 Å². The lowest BCUT2D eigenvalue weighted by molar-refractivity contribution is -0.134. The molecule has 0 aliphatic heterocycles. The summed E-state index contributed by atoms with van der Waals surface area (Å²) in [5, 5.41) is 0. The van der Waals surface area contributed by atoms with Gasteiger partial charge in [-0.05, 0) is 13.8 Å². The molecule has 4 nitrogen and oxygen atoms in total. The lowest BCUT2D eigenvalue weighted by Crippen LogP contribution is -2.49. The fourth-order valence-electron chi connectivity index (χ4n) is 1.08. The maximum atomic E-state index is 13.2. The second-order valence-electron chi connectivity index (χ2n) is 3.78. The van der Waals surface area contributed by atoms with Crippen molar-refractivity contribution < 1.29 is 22.7 Å². The Hall–Kier alpha value is -1.76. The summed E-state index contributed by atoms with van der Waals surface area (Å²) >= 11 is 0. The molecule has 1 aromatic carbocycles. The van der Waals surface area contributed by atoms with Crippen molar-refractivity contribution >= 4 is 5.91 Å². The van der Waals surface area contributed by atoms with E-state index >= 15 is 0 Å². The quantitative estimate of drug-likeness (QED) is 0.366. The first kappa shape index (κ1) is 13.3. The van der Waals surface area contributed by atoms with Gasteiger partial charge in [0.25, 0.3) is 5.91 Å². The van der Waals surface area contributed by atoms with Gasteiger partial charge in [-0.2, -0.15) is 0 Å². The minimum Gasteiger partial charge on any atom is -0.475 e. The van der Waals surface area contributed by atoms with Crippen molar-refractivity contribution in [3.63, 3.8) is 0 Å². The Morgan fingerprint density at radius 3 is 2.29 bits per heavy atom. The van der Waals surface area contributed by atoms with E-state index in [4.69, 9.17) is 10.6 Å². The van der Waals surface area contributed by atoms with Gasteiger partial charge in [0.2, 0.25) is 0 Å². The van der Waals surface area contributed by atoms with Gasteiger partial charge in [0.15, 0.2) is 28.8 Å². The van der Waals surface area contributed by atoms with E-state index < -0.39 is 34.7 Å². The molecule has 0 aliphatic carbocycles. The van der Waals surface area contributed by atoms with Crippen LogP contribution in [0.1, 0.15) is 13.8 Å². The second kappa shape index (κ2) is 4.62. The number of nitrogens with two attached hydrogens (primary N) is 1. The molecule has 0 saturated carbocycles. The lowest BCUT2D eigenvalue weighted by atomic mass is 10.1. The van der Waals surface area contributed by atoms with Crippen molar-refractivity contribution in [3.8, 4) is 5.75 Å². The summed E-state index contributed by atoms with van der Waals surface area (Å²) in [7, 11) is 0. The zero-order valence-electron chi connectivity index (χ0n) is 9.18. The monoisotopic (exact) mass is 248 g/mol. The zero-order chi connectivity index (χ0) is 13.2. The van der Waals surface area contributed by atoms with Gasteiger partial charge in [-0.3, -0.25) is 10.2 Å². The topological polar surface area (TPSA) is 64.3 Å². The van der Waals surface area contributed by atoms with E-state index in [1.165, 1.54) is 13.8 Å². The predicted octanol–water partition coefficient (Wildman–Crippen LogP) is 1.25. The minimum absolute atomic E-state index is 0.334. The van der Waals surface area contributed by atoms with E-state index in [9.17, 15) is 18.0 Å². The van der Waals surface area contributed by atoms with Crippen molar-refractivity contribution in [2.75, 3.05) is 0 Å². The molecule has 0 aromatic heterocycles. The molecule has 0 radical (unpaired) electrons. The fourth-order valence-corrected chi connectivity index (χ4v) is 1.08. The number of hydrogen-bond donors (Lipinski definition) is 2. The Morgan fingerprint density at radius 1 is 1.24 bits per heavy atom. The summed E-state index contributed by atoms with van der Waals surface area (Å²) < 4.78 is 43.7. The van der Waals surface area contributed by atoms with Crippen molar-refractivity contribution in [2.45, 2.75) is 19.4 Å². The van der Waals surface area contributed by atoms with E-state index in [-0.39, 0.29) is 0 Å². The number of carbonyl (C=O) groups excluding carboxylic acids is 1. The largest absolute Gasteiger partial charge is 0.475 e. The third-order valence-electron chi connectivity index (χ3n) is 2.02. The Bertz CT molecular complexity index is 449. The number of hydrazine groups is 1. The lowest BCUT2D eigenvalue weighted by Gasteiger charge is -2.24. The number of hydrogen-bond acceptors (Lipinski definition) is 3. The molecule has 1 aromatic rings. The molecule has 7 heteroatoms. The first-order valence-corrected chi connectivity index (χ1v) is 4.62. The van der Waals surface area contributed by atoms with Gasteiger partial charge in [0.05, 0.1) is 0 Å². The average Bonchev–Trinajstić information content (AvgIpc) is 2.24. The Kier molecular flexibility index (Phi) is 3.62. The van der Waals surface area contributed by atoms with Gasteiger partial charge in [-0.25, -0.2) is 19.0 Å². The highest BCUT2D eigenvalue weighted by Crippen LogP contribution is 2.24. The highest BCUT2D eigenvalue weighted by Gasteiger charge is 2.30. The van der Waals surface area contributed by atoms with E-state index in [0.29, 0.717) is 12.1 Å². The molecule has 0 fully saturated rings. The van der Waals surface area contributed by atoms with Crippen molar-refractivity contribution in [1.82, 2.24) is 5.43 Å². The van der Waals surface area contributed by atoms with E-state index in [2.05, 4.69) is 0 Å². The summed E-state index contributed by atoms with van der Waals surface area (Å²) in [6, 6.07) is 0.858.